The van der Waals surface area contributed by atoms with E-state index in [9.17, 15) is 13.2 Å². The van der Waals surface area contributed by atoms with Crippen LogP contribution in [0.5, 0.6) is 17.2 Å². The fraction of sp³-hybridized carbons (Fsp3) is 0.381. The van der Waals surface area contributed by atoms with Crippen molar-refractivity contribution >= 4 is 21.6 Å². The lowest BCUT2D eigenvalue weighted by Crippen LogP contribution is -2.37. The summed E-state index contributed by atoms with van der Waals surface area (Å²) in [7, 11) is -0.852. The second-order valence-corrected chi connectivity index (χ2v) is 8.34. The van der Waals surface area contributed by atoms with Gasteiger partial charge in [-0.15, -0.1) is 0 Å². The summed E-state index contributed by atoms with van der Waals surface area (Å²) >= 11 is 0. The predicted octanol–water partition coefficient (Wildman–Crippen LogP) is 3.06. The van der Waals surface area contributed by atoms with E-state index in [1.54, 1.807) is 44.2 Å². The number of methoxy groups -OCH3 is 2. The monoisotopic (exact) mass is 436 g/mol. The van der Waals surface area contributed by atoms with E-state index in [2.05, 4.69) is 5.32 Å². The first-order valence-electron chi connectivity index (χ1n) is 9.52. The molecule has 0 aromatic heterocycles. The zero-order chi connectivity index (χ0) is 22.3. The van der Waals surface area contributed by atoms with Crippen LogP contribution in [0.3, 0.4) is 0 Å². The molecular formula is C21H28N2O6S. The van der Waals surface area contributed by atoms with Crippen molar-refractivity contribution in [1.29, 1.82) is 0 Å². The Bertz CT molecular complexity index is 991. The zero-order valence-corrected chi connectivity index (χ0v) is 18.7. The third-order valence-corrected chi connectivity index (χ3v) is 6.36. The first-order valence-corrected chi connectivity index (χ1v) is 11.0. The number of amides is 1. The van der Waals surface area contributed by atoms with E-state index < -0.39 is 15.9 Å². The Morgan fingerprint density at radius 3 is 2.33 bits per heavy atom. The van der Waals surface area contributed by atoms with Crippen molar-refractivity contribution in [2.24, 2.45) is 0 Å². The van der Waals surface area contributed by atoms with Crippen LogP contribution in [0.4, 0.5) is 5.69 Å². The van der Waals surface area contributed by atoms with Crippen LogP contribution >= 0.6 is 0 Å². The Labute approximate surface area is 177 Å². The van der Waals surface area contributed by atoms with Crippen LogP contribution in [-0.2, 0) is 14.8 Å². The molecule has 0 atom stereocenters. The summed E-state index contributed by atoms with van der Waals surface area (Å²) in [6.07, 6.45) is 0. The fourth-order valence-electron chi connectivity index (χ4n) is 2.87. The molecule has 0 spiro atoms. The Morgan fingerprint density at radius 1 is 1.03 bits per heavy atom. The summed E-state index contributed by atoms with van der Waals surface area (Å²) in [5.74, 6) is 1.14. The van der Waals surface area contributed by atoms with E-state index in [0.717, 1.165) is 4.31 Å². The average molecular weight is 437 g/mol. The van der Waals surface area contributed by atoms with Crippen molar-refractivity contribution in [3.8, 4) is 17.2 Å². The van der Waals surface area contributed by atoms with Crippen molar-refractivity contribution in [3.05, 3.63) is 42.0 Å². The molecule has 1 amide bonds. The minimum atomic E-state index is -3.85. The van der Waals surface area contributed by atoms with Crippen LogP contribution in [0.15, 0.2) is 41.3 Å². The molecule has 0 bridgehead atoms. The van der Waals surface area contributed by atoms with Crippen molar-refractivity contribution in [3.63, 3.8) is 0 Å². The highest BCUT2D eigenvalue weighted by atomic mass is 32.2. The van der Waals surface area contributed by atoms with Crippen molar-refractivity contribution < 1.29 is 27.4 Å². The molecule has 0 fully saturated rings. The summed E-state index contributed by atoms with van der Waals surface area (Å²) < 4.78 is 43.1. The highest BCUT2D eigenvalue weighted by Gasteiger charge is 2.26. The molecule has 0 unspecified atom stereocenters. The van der Waals surface area contributed by atoms with E-state index in [4.69, 9.17) is 14.2 Å². The number of sulfonamides is 1. The van der Waals surface area contributed by atoms with Crippen molar-refractivity contribution in [2.45, 2.75) is 25.7 Å². The first kappa shape index (κ1) is 23.5. The van der Waals surface area contributed by atoms with Gasteiger partial charge < -0.3 is 19.5 Å². The lowest BCUT2D eigenvalue weighted by Gasteiger charge is -2.21. The van der Waals surface area contributed by atoms with Gasteiger partial charge >= 0.3 is 0 Å². The second-order valence-electron chi connectivity index (χ2n) is 6.41. The van der Waals surface area contributed by atoms with E-state index in [-0.39, 0.29) is 18.0 Å². The van der Waals surface area contributed by atoms with Gasteiger partial charge in [0.25, 0.3) is 0 Å². The number of nitrogens with zero attached hydrogens (tertiary/aromatic N) is 1. The first-order chi connectivity index (χ1) is 14.3. The van der Waals surface area contributed by atoms with Crippen LogP contribution in [0, 0.1) is 6.92 Å². The van der Waals surface area contributed by atoms with Crippen LogP contribution < -0.4 is 19.5 Å². The van der Waals surface area contributed by atoms with Crippen LogP contribution in [0.25, 0.3) is 0 Å². The average Bonchev–Trinajstić information content (AvgIpc) is 2.73. The molecule has 0 heterocycles. The zero-order valence-electron chi connectivity index (χ0n) is 17.9. The molecule has 1 N–H and O–H groups in total. The number of nitrogens with one attached hydrogen (secondary N) is 1. The maximum absolute atomic E-state index is 13.0. The molecule has 8 nitrogen and oxygen atoms in total. The highest BCUT2D eigenvalue weighted by molar-refractivity contribution is 7.89. The summed E-state index contributed by atoms with van der Waals surface area (Å²) in [4.78, 5) is 12.7. The fourth-order valence-corrected chi connectivity index (χ4v) is 4.36. The van der Waals surface area contributed by atoms with E-state index in [0.29, 0.717) is 35.1 Å². The SMILES string of the molecule is CCOc1ccc(S(=O)(=O)N(CC)CC(=O)Nc2ccc(OC)cc2OC)cc1C. The van der Waals surface area contributed by atoms with Gasteiger partial charge in [-0.05, 0) is 49.7 Å². The molecular weight excluding hydrogens is 408 g/mol. The lowest BCUT2D eigenvalue weighted by atomic mass is 10.2. The Kier molecular flexibility index (Phi) is 8.08. The van der Waals surface area contributed by atoms with Gasteiger partial charge in [0.2, 0.25) is 15.9 Å². The number of hydrogen-bond acceptors (Lipinski definition) is 6. The van der Waals surface area contributed by atoms with E-state index >= 15 is 0 Å². The Morgan fingerprint density at radius 2 is 1.77 bits per heavy atom. The van der Waals surface area contributed by atoms with E-state index in [1.165, 1.54) is 20.3 Å². The molecule has 0 aliphatic heterocycles. The smallest absolute Gasteiger partial charge is 0.243 e. The van der Waals surface area contributed by atoms with Gasteiger partial charge in [0, 0.05) is 12.6 Å². The minimum absolute atomic E-state index is 0.111. The Balaban J connectivity index is 2.19. The molecule has 0 saturated heterocycles. The third-order valence-electron chi connectivity index (χ3n) is 4.44. The van der Waals surface area contributed by atoms with Gasteiger partial charge in [-0.25, -0.2) is 8.42 Å². The summed E-state index contributed by atoms with van der Waals surface area (Å²) in [5, 5.41) is 2.69. The number of rotatable bonds is 10. The molecule has 0 aliphatic rings. The van der Waals surface area contributed by atoms with Crippen LogP contribution in [0.2, 0.25) is 0 Å². The largest absolute Gasteiger partial charge is 0.497 e. The molecule has 2 aromatic rings. The summed E-state index contributed by atoms with van der Waals surface area (Å²) in [5.41, 5.74) is 1.13. The number of hydrogen-bond donors (Lipinski definition) is 1. The Hall–Kier alpha value is -2.78. The van der Waals surface area contributed by atoms with Gasteiger partial charge in [0.05, 0.1) is 38.0 Å². The maximum atomic E-state index is 13.0. The molecule has 0 saturated carbocycles. The lowest BCUT2D eigenvalue weighted by molar-refractivity contribution is -0.116. The summed E-state index contributed by atoms with van der Waals surface area (Å²) in [6, 6.07) is 9.60. The minimum Gasteiger partial charge on any atom is -0.497 e. The van der Waals surface area contributed by atoms with Gasteiger partial charge in [0.15, 0.2) is 0 Å². The van der Waals surface area contributed by atoms with E-state index in [1.807, 2.05) is 6.92 Å². The predicted molar refractivity (Wildman–Crippen MR) is 115 cm³/mol. The molecule has 2 aromatic carbocycles. The molecule has 0 radical (unpaired) electrons. The van der Waals surface area contributed by atoms with Crippen molar-refractivity contribution in [2.75, 3.05) is 39.2 Å². The number of benzene rings is 2. The standard InChI is InChI=1S/C21H28N2O6S/c1-6-23(30(25,26)17-9-11-19(29-7-2)15(3)12-17)14-21(24)22-18-10-8-16(27-4)13-20(18)28-5/h8-13H,6-7,14H2,1-5H3,(H,22,24). The highest BCUT2D eigenvalue weighted by Crippen LogP contribution is 2.29. The molecule has 9 heteroatoms. The van der Waals surface area contributed by atoms with Gasteiger partial charge in [0.1, 0.15) is 17.2 Å². The van der Waals surface area contributed by atoms with Gasteiger partial charge in [-0.1, -0.05) is 6.92 Å². The molecule has 0 aliphatic carbocycles. The quantitative estimate of drug-likeness (QED) is 0.615. The van der Waals surface area contributed by atoms with Crippen LogP contribution in [0.1, 0.15) is 19.4 Å². The normalized spacial score (nSPS) is 11.3. The van der Waals surface area contributed by atoms with Gasteiger partial charge in [-0.2, -0.15) is 4.31 Å². The van der Waals surface area contributed by atoms with Crippen LogP contribution in [-0.4, -0.2) is 52.5 Å². The maximum Gasteiger partial charge on any atom is 0.243 e. The topological polar surface area (TPSA) is 94.2 Å². The number of anilines is 1. The number of likely N-dealkylation sites (N-methyl/N-ethyl adjacent to an activating group) is 1. The second kappa shape index (κ2) is 10.3. The molecule has 30 heavy (non-hydrogen) atoms. The number of ether oxygens (including phenoxy) is 3. The molecule has 2 rings (SSSR count). The van der Waals surface area contributed by atoms with Gasteiger partial charge in [-0.3, -0.25) is 4.79 Å². The third kappa shape index (κ3) is 5.43. The van der Waals surface area contributed by atoms with Crippen molar-refractivity contribution in [1.82, 2.24) is 4.31 Å². The number of aryl methyl sites for hydroxylation is 1. The number of carbonyl (C=O) groups is 1. The number of carbonyl (C=O) groups excluding carboxylic acids is 1. The summed E-state index contributed by atoms with van der Waals surface area (Å²) in [6.45, 7) is 5.62. The molecule has 164 valence electrons.